The molecular formula is C14H10ClF2NO2S. The van der Waals surface area contributed by atoms with Crippen LogP contribution in [-0.2, 0) is 10.0 Å². The van der Waals surface area contributed by atoms with Crippen molar-refractivity contribution in [2.24, 2.45) is 0 Å². The molecule has 0 saturated carbocycles. The minimum atomic E-state index is -3.83. The smallest absolute Gasteiger partial charge is 0.255 e. The molecule has 0 saturated heterocycles. The molecule has 0 aliphatic rings. The third-order valence-corrected chi connectivity index (χ3v) is 3.76. The zero-order valence-corrected chi connectivity index (χ0v) is 12.1. The zero-order valence-electron chi connectivity index (χ0n) is 10.6. The zero-order chi connectivity index (χ0) is 15.5. The van der Waals surface area contributed by atoms with Gasteiger partial charge in [0, 0.05) is 11.1 Å². The molecule has 0 fully saturated rings. The van der Waals surface area contributed by atoms with Crippen molar-refractivity contribution in [2.75, 3.05) is 4.72 Å². The standard InChI is InChI=1S/C14H10ClF2NO2S/c15-11-3-1-10(2-4-11)7-8-21(19,20)18-12-5-6-13(16)14(17)9-12/h1-9,18H/b8-7+. The summed E-state index contributed by atoms with van der Waals surface area (Å²) in [6, 6.07) is 9.27. The summed E-state index contributed by atoms with van der Waals surface area (Å²) in [6.07, 6.45) is 1.36. The molecule has 1 N–H and O–H groups in total. The van der Waals surface area contributed by atoms with E-state index in [2.05, 4.69) is 4.72 Å². The summed E-state index contributed by atoms with van der Waals surface area (Å²) in [7, 11) is -3.83. The lowest BCUT2D eigenvalue weighted by Crippen LogP contribution is -2.09. The molecule has 2 aromatic rings. The van der Waals surface area contributed by atoms with Gasteiger partial charge in [0.2, 0.25) is 0 Å². The van der Waals surface area contributed by atoms with Crippen LogP contribution >= 0.6 is 11.6 Å². The maximum absolute atomic E-state index is 13.0. The molecule has 110 valence electrons. The van der Waals surface area contributed by atoms with Crippen molar-refractivity contribution in [1.82, 2.24) is 0 Å². The highest BCUT2D eigenvalue weighted by molar-refractivity contribution is 7.95. The number of anilines is 1. The monoisotopic (exact) mass is 329 g/mol. The van der Waals surface area contributed by atoms with Gasteiger partial charge < -0.3 is 0 Å². The first kappa shape index (κ1) is 15.5. The highest BCUT2D eigenvalue weighted by atomic mass is 35.5. The Morgan fingerprint density at radius 2 is 1.67 bits per heavy atom. The van der Waals surface area contributed by atoms with E-state index in [-0.39, 0.29) is 5.69 Å². The molecule has 0 aliphatic heterocycles. The quantitative estimate of drug-likeness (QED) is 0.920. The first-order chi connectivity index (χ1) is 9.85. The lowest BCUT2D eigenvalue weighted by molar-refractivity contribution is 0.509. The highest BCUT2D eigenvalue weighted by Crippen LogP contribution is 2.16. The summed E-state index contributed by atoms with van der Waals surface area (Å²) < 4.78 is 51.5. The van der Waals surface area contributed by atoms with Crippen LogP contribution in [0.3, 0.4) is 0 Å². The molecule has 0 aliphatic carbocycles. The van der Waals surface area contributed by atoms with Crippen molar-refractivity contribution in [2.45, 2.75) is 0 Å². The third-order valence-electron chi connectivity index (χ3n) is 2.49. The topological polar surface area (TPSA) is 46.2 Å². The van der Waals surface area contributed by atoms with E-state index in [4.69, 9.17) is 11.6 Å². The number of rotatable bonds is 4. The predicted molar refractivity (Wildman–Crippen MR) is 79.4 cm³/mol. The van der Waals surface area contributed by atoms with E-state index in [1.165, 1.54) is 6.08 Å². The molecule has 0 heterocycles. The van der Waals surface area contributed by atoms with Gasteiger partial charge in [0.1, 0.15) is 0 Å². The van der Waals surface area contributed by atoms with E-state index < -0.39 is 21.7 Å². The van der Waals surface area contributed by atoms with Crippen molar-refractivity contribution < 1.29 is 17.2 Å². The Balaban J connectivity index is 2.14. The minimum absolute atomic E-state index is 0.0605. The van der Waals surface area contributed by atoms with Crippen LogP contribution in [-0.4, -0.2) is 8.42 Å². The molecule has 0 radical (unpaired) electrons. The van der Waals surface area contributed by atoms with Gasteiger partial charge in [-0.1, -0.05) is 23.7 Å². The molecule has 3 nitrogen and oxygen atoms in total. The fourth-order valence-corrected chi connectivity index (χ4v) is 2.49. The maximum atomic E-state index is 13.0. The second kappa shape index (κ2) is 6.24. The maximum Gasteiger partial charge on any atom is 0.255 e. The average molecular weight is 330 g/mol. The molecule has 0 unspecified atom stereocenters. The van der Waals surface area contributed by atoms with Crippen LogP contribution in [0.1, 0.15) is 5.56 Å². The fraction of sp³-hybridized carbons (Fsp3) is 0. The van der Waals surface area contributed by atoms with Crippen molar-refractivity contribution in [3.8, 4) is 0 Å². The van der Waals surface area contributed by atoms with E-state index in [1.54, 1.807) is 24.3 Å². The van der Waals surface area contributed by atoms with E-state index in [0.29, 0.717) is 10.6 Å². The molecule has 0 amide bonds. The van der Waals surface area contributed by atoms with E-state index in [1.807, 2.05) is 0 Å². The first-order valence-corrected chi connectivity index (χ1v) is 7.70. The molecule has 0 aromatic heterocycles. The molecular weight excluding hydrogens is 320 g/mol. The minimum Gasteiger partial charge on any atom is -0.280 e. The Hall–Kier alpha value is -1.92. The normalized spacial score (nSPS) is 11.8. The van der Waals surface area contributed by atoms with Gasteiger partial charge in [-0.25, -0.2) is 17.2 Å². The summed E-state index contributed by atoms with van der Waals surface area (Å²) in [5, 5.41) is 1.47. The van der Waals surface area contributed by atoms with Crippen LogP contribution in [0.25, 0.3) is 6.08 Å². The lowest BCUT2D eigenvalue weighted by Gasteiger charge is -2.04. The summed E-state index contributed by atoms with van der Waals surface area (Å²) in [5.41, 5.74) is 0.574. The average Bonchev–Trinajstić information content (AvgIpc) is 2.42. The van der Waals surface area contributed by atoms with Crippen LogP contribution in [0.2, 0.25) is 5.02 Å². The molecule has 0 spiro atoms. The Morgan fingerprint density at radius 1 is 1.00 bits per heavy atom. The second-order valence-corrected chi connectivity index (χ2v) is 6.13. The number of benzene rings is 2. The highest BCUT2D eigenvalue weighted by Gasteiger charge is 2.08. The SMILES string of the molecule is O=S(=O)(/C=C/c1ccc(Cl)cc1)Nc1ccc(F)c(F)c1. The molecule has 0 atom stereocenters. The van der Waals surface area contributed by atoms with Gasteiger partial charge in [0.15, 0.2) is 11.6 Å². The van der Waals surface area contributed by atoms with E-state index in [0.717, 1.165) is 23.6 Å². The Morgan fingerprint density at radius 3 is 2.29 bits per heavy atom. The number of halogens is 3. The van der Waals surface area contributed by atoms with Gasteiger partial charge in [-0.05, 0) is 35.9 Å². The largest absolute Gasteiger partial charge is 0.280 e. The van der Waals surface area contributed by atoms with Gasteiger partial charge in [-0.15, -0.1) is 0 Å². The van der Waals surface area contributed by atoms with E-state index in [9.17, 15) is 17.2 Å². The van der Waals surface area contributed by atoms with E-state index >= 15 is 0 Å². The van der Waals surface area contributed by atoms with Gasteiger partial charge in [-0.2, -0.15) is 0 Å². The van der Waals surface area contributed by atoms with Gasteiger partial charge in [0.05, 0.1) is 11.1 Å². The van der Waals surface area contributed by atoms with Gasteiger partial charge in [0.25, 0.3) is 10.0 Å². The van der Waals surface area contributed by atoms with Crippen LogP contribution in [0.4, 0.5) is 14.5 Å². The fourth-order valence-electron chi connectivity index (χ4n) is 1.50. The number of hydrogen-bond donors (Lipinski definition) is 1. The second-order valence-electron chi connectivity index (χ2n) is 4.13. The summed E-state index contributed by atoms with van der Waals surface area (Å²) >= 11 is 5.72. The molecule has 0 bridgehead atoms. The number of nitrogens with one attached hydrogen (secondary N) is 1. The Bertz CT molecular complexity index is 774. The Kier molecular flexibility index (Phi) is 4.59. The van der Waals surface area contributed by atoms with Crippen LogP contribution in [0.5, 0.6) is 0 Å². The summed E-state index contributed by atoms with van der Waals surface area (Å²) in [4.78, 5) is 0. The molecule has 7 heteroatoms. The lowest BCUT2D eigenvalue weighted by atomic mass is 10.2. The van der Waals surface area contributed by atoms with Crippen LogP contribution < -0.4 is 4.72 Å². The molecule has 21 heavy (non-hydrogen) atoms. The van der Waals surface area contributed by atoms with Gasteiger partial charge >= 0.3 is 0 Å². The summed E-state index contributed by atoms with van der Waals surface area (Å²) in [5.74, 6) is -2.17. The number of hydrogen-bond acceptors (Lipinski definition) is 2. The summed E-state index contributed by atoms with van der Waals surface area (Å²) in [6.45, 7) is 0. The predicted octanol–water partition coefficient (Wildman–Crippen LogP) is 4.03. The van der Waals surface area contributed by atoms with Crippen molar-refractivity contribution in [3.05, 3.63) is 70.1 Å². The van der Waals surface area contributed by atoms with Crippen molar-refractivity contribution in [1.29, 1.82) is 0 Å². The van der Waals surface area contributed by atoms with Crippen molar-refractivity contribution >= 4 is 33.4 Å². The Labute approximate surface area is 125 Å². The van der Waals surface area contributed by atoms with Gasteiger partial charge in [-0.3, -0.25) is 4.72 Å². The number of sulfonamides is 1. The third kappa shape index (κ3) is 4.54. The van der Waals surface area contributed by atoms with Crippen LogP contribution in [0.15, 0.2) is 47.9 Å². The van der Waals surface area contributed by atoms with Crippen LogP contribution in [0, 0.1) is 11.6 Å². The molecule has 2 aromatic carbocycles. The van der Waals surface area contributed by atoms with Crippen molar-refractivity contribution in [3.63, 3.8) is 0 Å². The molecule has 2 rings (SSSR count). The first-order valence-electron chi connectivity index (χ1n) is 5.77.